The molecule has 1 aliphatic carbocycles. The van der Waals surface area contributed by atoms with Crippen LogP contribution in [0.1, 0.15) is 42.4 Å². The molecule has 0 unspecified atom stereocenters. The quantitative estimate of drug-likeness (QED) is 0.837. The van der Waals surface area contributed by atoms with Crippen molar-refractivity contribution in [3.63, 3.8) is 0 Å². The van der Waals surface area contributed by atoms with Crippen molar-refractivity contribution in [1.29, 1.82) is 0 Å². The molecule has 0 aromatic carbocycles. The standard InChI is InChI=1S/C11H14N4O2/c1-6-8(5-9(16)17)15-11(12-6)13-10(14-15)7-3-2-4-7/h7H,2-5H2,1H3,(H,16,17)(H,12,13,14). The molecule has 6 nitrogen and oxygen atoms in total. The minimum absolute atomic E-state index is 0.0285. The van der Waals surface area contributed by atoms with Crippen molar-refractivity contribution in [3.05, 3.63) is 17.2 Å². The Morgan fingerprint density at radius 2 is 2.29 bits per heavy atom. The monoisotopic (exact) mass is 234 g/mol. The van der Waals surface area contributed by atoms with Gasteiger partial charge in [-0.1, -0.05) is 6.42 Å². The van der Waals surface area contributed by atoms with Crippen molar-refractivity contribution in [2.45, 2.75) is 38.5 Å². The molecule has 17 heavy (non-hydrogen) atoms. The van der Waals surface area contributed by atoms with Crippen molar-refractivity contribution in [2.75, 3.05) is 0 Å². The molecule has 1 aliphatic rings. The summed E-state index contributed by atoms with van der Waals surface area (Å²) in [5, 5.41) is 12.0. The molecule has 1 fully saturated rings. The Hall–Kier alpha value is -1.85. The van der Waals surface area contributed by atoms with Crippen molar-refractivity contribution < 1.29 is 9.90 Å². The maximum absolute atomic E-state index is 10.8. The minimum Gasteiger partial charge on any atom is -0.481 e. The van der Waals surface area contributed by atoms with E-state index in [1.54, 1.807) is 4.52 Å². The van der Waals surface area contributed by atoms with Crippen LogP contribution >= 0.6 is 0 Å². The van der Waals surface area contributed by atoms with Crippen LogP contribution in [0.3, 0.4) is 0 Å². The lowest BCUT2D eigenvalue weighted by Gasteiger charge is -2.22. The van der Waals surface area contributed by atoms with Gasteiger partial charge in [0, 0.05) is 5.92 Å². The SMILES string of the molecule is Cc1nc2nc(C3CCC3)[nH]n2c1CC(=O)O. The second-order valence-corrected chi connectivity index (χ2v) is 4.59. The average molecular weight is 234 g/mol. The first-order chi connectivity index (χ1) is 8.15. The summed E-state index contributed by atoms with van der Waals surface area (Å²) >= 11 is 0. The zero-order chi connectivity index (χ0) is 12.0. The molecule has 2 heterocycles. The number of imidazole rings is 1. The van der Waals surface area contributed by atoms with E-state index in [0.717, 1.165) is 24.4 Å². The highest BCUT2D eigenvalue weighted by Gasteiger charge is 2.24. The van der Waals surface area contributed by atoms with Crippen molar-refractivity contribution in [2.24, 2.45) is 0 Å². The highest BCUT2D eigenvalue weighted by atomic mass is 16.4. The van der Waals surface area contributed by atoms with Crippen LogP contribution in [0.4, 0.5) is 0 Å². The molecule has 0 atom stereocenters. The van der Waals surface area contributed by atoms with Gasteiger partial charge in [-0.2, -0.15) is 4.98 Å². The van der Waals surface area contributed by atoms with E-state index in [-0.39, 0.29) is 6.42 Å². The number of fused-ring (bicyclic) bond motifs is 1. The molecule has 2 N–H and O–H groups in total. The van der Waals surface area contributed by atoms with E-state index in [1.165, 1.54) is 6.42 Å². The smallest absolute Gasteiger partial charge is 0.309 e. The molecule has 1 saturated carbocycles. The van der Waals surface area contributed by atoms with Gasteiger partial charge in [0.25, 0.3) is 5.78 Å². The maximum Gasteiger partial charge on any atom is 0.309 e. The fourth-order valence-corrected chi connectivity index (χ4v) is 2.20. The molecule has 0 bridgehead atoms. The Balaban J connectivity index is 2.03. The summed E-state index contributed by atoms with van der Waals surface area (Å²) in [4.78, 5) is 19.5. The van der Waals surface area contributed by atoms with Crippen LogP contribution < -0.4 is 0 Å². The number of carbonyl (C=O) groups is 1. The highest BCUT2D eigenvalue weighted by Crippen LogP contribution is 2.34. The molecular formula is C11H14N4O2. The third-order valence-electron chi connectivity index (χ3n) is 3.41. The molecule has 0 radical (unpaired) electrons. The van der Waals surface area contributed by atoms with E-state index in [9.17, 15) is 4.79 Å². The number of aliphatic carboxylic acids is 1. The fraction of sp³-hybridized carbons (Fsp3) is 0.545. The molecule has 0 amide bonds. The van der Waals surface area contributed by atoms with Gasteiger partial charge in [0.05, 0.1) is 17.8 Å². The fourth-order valence-electron chi connectivity index (χ4n) is 2.20. The maximum atomic E-state index is 10.8. The number of nitrogens with zero attached hydrogens (tertiary/aromatic N) is 3. The number of aromatic amines is 1. The van der Waals surface area contributed by atoms with E-state index < -0.39 is 5.97 Å². The Labute approximate surface area is 97.7 Å². The number of carboxylic acids is 1. The largest absolute Gasteiger partial charge is 0.481 e. The third kappa shape index (κ3) is 1.60. The summed E-state index contributed by atoms with van der Waals surface area (Å²) < 4.78 is 1.71. The molecule has 2 aromatic rings. The summed E-state index contributed by atoms with van der Waals surface area (Å²) in [5.41, 5.74) is 1.41. The number of carboxylic acid groups (broad SMARTS) is 1. The lowest BCUT2D eigenvalue weighted by Crippen LogP contribution is -2.11. The Morgan fingerprint density at radius 3 is 2.88 bits per heavy atom. The number of aryl methyl sites for hydroxylation is 1. The number of H-pyrrole nitrogens is 1. The van der Waals surface area contributed by atoms with Crippen molar-refractivity contribution >= 4 is 11.7 Å². The molecule has 3 rings (SSSR count). The van der Waals surface area contributed by atoms with Crippen LogP contribution in [0, 0.1) is 6.92 Å². The molecule has 0 aliphatic heterocycles. The first kappa shape index (κ1) is 10.3. The van der Waals surface area contributed by atoms with Gasteiger partial charge in [-0.3, -0.25) is 9.89 Å². The number of hydrogen-bond acceptors (Lipinski definition) is 3. The van der Waals surface area contributed by atoms with Crippen LogP contribution in [0.15, 0.2) is 0 Å². The van der Waals surface area contributed by atoms with E-state index in [4.69, 9.17) is 5.11 Å². The van der Waals surface area contributed by atoms with E-state index in [1.807, 2.05) is 6.92 Å². The predicted octanol–water partition coefficient (Wildman–Crippen LogP) is 1.26. The van der Waals surface area contributed by atoms with E-state index in [0.29, 0.717) is 17.4 Å². The summed E-state index contributed by atoms with van der Waals surface area (Å²) in [6.07, 6.45) is 3.53. The minimum atomic E-state index is -0.852. The molecule has 90 valence electrons. The van der Waals surface area contributed by atoms with Gasteiger partial charge in [0.1, 0.15) is 5.82 Å². The van der Waals surface area contributed by atoms with Crippen LogP contribution in [-0.2, 0) is 11.2 Å². The van der Waals surface area contributed by atoms with Gasteiger partial charge >= 0.3 is 5.97 Å². The van der Waals surface area contributed by atoms with Crippen LogP contribution in [0.5, 0.6) is 0 Å². The number of hydrogen-bond donors (Lipinski definition) is 2. The number of rotatable bonds is 3. The van der Waals surface area contributed by atoms with Gasteiger partial charge in [0.2, 0.25) is 0 Å². The van der Waals surface area contributed by atoms with Gasteiger partial charge < -0.3 is 5.11 Å². The first-order valence-corrected chi connectivity index (χ1v) is 5.81. The van der Waals surface area contributed by atoms with Crippen LogP contribution in [0.25, 0.3) is 5.78 Å². The second-order valence-electron chi connectivity index (χ2n) is 4.59. The van der Waals surface area contributed by atoms with E-state index >= 15 is 0 Å². The topological polar surface area (TPSA) is 83.3 Å². The Bertz CT molecular complexity index is 580. The van der Waals surface area contributed by atoms with Crippen LogP contribution in [0.2, 0.25) is 0 Å². The Kier molecular flexibility index (Phi) is 2.17. The molecule has 0 saturated heterocycles. The van der Waals surface area contributed by atoms with Crippen molar-refractivity contribution in [1.82, 2.24) is 19.6 Å². The molecule has 6 heteroatoms. The summed E-state index contributed by atoms with van der Waals surface area (Å²) in [6, 6.07) is 0. The molecular weight excluding hydrogens is 220 g/mol. The van der Waals surface area contributed by atoms with Crippen molar-refractivity contribution in [3.8, 4) is 0 Å². The van der Waals surface area contributed by atoms with Gasteiger partial charge in [0.15, 0.2) is 0 Å². The summed E-state index contributed by atoms with van der Waals surface area (Å²) in [7, 11) is 0. The van der Waals surface area contributed by atoms with Crippen LogP contribution in [-0.4, -0.2) is 30.7 Å². The normalized spacial score (nSPS) is 16.3. The highest BCUT2D eigenvalue weighted by molar-refractivity contribution is 5.70. The third-order valence-corrected chi connectivity index (χ3v) is 3.41. The molecule has 2 aromatic heterocycles. The van der Waals surface area contributed by atoms with E-state index in [2.05, 4.69) is 15.1 Å². The molecule has 0 spiro atoms. The van der Waals surface area contributed by atoms with Gasteiger partial charge in [-0.15, -0.1) is 0 Å². The zero-order valence-electron chi connectivity index (χ0n) is 9.60. The summed E-state index contributed by atoms with van der Waals surface area (Å²) in [6.45, 7) is 1.81. The average Bonchev–Trinajstić information content (AvgIpc) is 2.64. The van der Waals surface area contributed by atoms with Gasteiger partial charge in [-0.05, 0) is 19.8 Å². The second kappa shape index (κ2) is 3.58. The lowest BCUT2D eigenvalue weighted by molar-refractivity contribution is -0.136. The predicted molar refractivity (Wildman–Crippen MR) is 60.0 cm³/mol. The zero-order valence-corrected chi connectivity index (χ0v) is 9.60. The number of nitrogens with one attached hydrogen (secondary N) is 1. The van der Waals surface area contributed by atoms with Gasteiger partial charge in [-0.25, -0.2) is 9.50 Å². The number of aromatic nitrogens is 4. The summed E-state index contributed by atoms with van der Waals surface area (Å²) in [5.74, 6) is 1.16. The first-order valence-electron chi connectivity index (χ1n) is 5.81. The lowest BCUT2D eigenvalue weighted by atomic mass is 9.85. The Morgan fingerprint density at radius 1 is 1.53 bits per heavy atom.